The van der Waals surface area contributed by atoms with Crippen molar-refractivity contribution in [3.63, 3.8) is 0 Å². The van der Waals surface area contributed by atoms with E-state index in [2.05, 4.69) is 4.90 Å². The average Bonchev–Trinajstić information content (AvgIpc) is 2.54. The van der Waals surface area contributed by atoms with Gasteiger partial charge in [0.25, 0.3) is 0 Å². The van der Waals surface area contributed by atoms with Gasteiger partial charge in [-0.15, -0.1) is 0 Å². The molecule has 1 atom stereocenters. The fourth-order valence-electron chi connectivity index (χ4n) is 3.59. The number of likely N-dealkylation sites (tertiary alicyclic amines) is 1. The second-order valence-corrected chi connectivity index (χ2v) is 6.27. The molecule has 2 heterocycles. The van der Waals surface area contributed by atoms with Crippen molar-refractivity contribution in [2.45, 2.75) is 43.9 Å². The number of hydrogen-bond donors (Lipinski definition) is 1. The highest BCUT2D eigenvalue weighted by atomic mass is 19.1. The Morgan fingerprint density at radius 1 is 1.41 bits per heavy atom. The minimum atomic E-state index is -0.381. The molecule has 3 rings (SSSR count). The Bertz CT molecular complexity index is 515. The van der Waals surface area contributed by atoms with E-state index < -0.39 is 0 Å². The smallest absolute Gasteiger partial charge is 0.131 e. The van der Waals surface area contributed by atoms with Crippen molar-refractivity contribution in [2.24, 2.45) is 0 Å². The summed E-state index contributed by atoms with van der Waals surface area (Å²) in [4.78, 5) is 2.21. The Labute approximate surface area is 130 Å². The molecule has 0 aromatic heterocycles. The van der Waals surface area contributed by atoms with Crippen LogP contribution in [0, 0.1) is 5.82 Å². The summed E-state index contributed by atoms with van der Waals surface area (Å²) < 4.78 is 25.2. The molecule has 0 amide bonds. The van der Waals surface area contributed by atoms with Gasteiger partial charge in [-0.25, -0.2) is 4.39 Å². The van der Waals surface area contributed by atoms with E-state index in [0.29, 0.717) is 17.9 Å². The predicted octanol–water partition coefficient (Wildman–Crippen LogP) is 2.34. The number of aliphatic hydroxyl groups excluding tert-OH is 1. The van der Waals surface area contributed by atoms with Crippen LogP contribution in [0.3, 0.4) is 0 Å². The Morgan fingerprint density at radius 3 is 2.86 bits per heavy atom. The number of hydrogen-bond acceptors (Lipinski definition) is 4. The van der Waals surface area contributed by atoms with Gasteiger partial charge in [0.1, 0.15) is 11.6 Å². The normalized spacial score (nSPS) is 25.3. The van der Waals surface area contributed by atoms with Gasteiger partial charge in [0.15, 0.2) is 0 Å². The molecule has 1 N–H and O–H groups in total. The van der Waals surface area contributed by atoms with E-state index in [9.17, 15) is 9.50 Å². The Morgan fingerprint density at radius 2 is 2.18 bits per heavy atom. The van der Waals surface area contributed by atoms with Crippen molar-refractivity contribution in [3.8, 4) is 5.75 Å². The van der Waals surface area contributed by atoms with Gasteiger partial charge < -0.3 is 14.6 Å². The van der Waals surface area contributed by atoms with Crippen LogP contribution in [-0.2, 0) is 11.3 Å². The summed E-state index contributed by atoms with van der Waals surface area (Å²) in [6.07, 6.45) is 2.97. The summed E-state index contributed by atoms with van der Waals surface area (Å²) in [7, 11) is 1.57. The molecule has 2 fully saturated rings. The lowest BCUT2D eigenvalue weighted by Crippen LogP contribution is -2.55. The minimum Gasteiger partial charge on any atom is -0.496 e. The summed E-state index contributed by atoms with van der Waals surface area (Å²) in [5.41, 5.74) is 0.222. The molecular weight excluding hydrogens is 285 g/mol. The summed E-state index contributed by atoms with van der Waals surface area (Å²) in [5, 5.41) is 10.3. The first kappa shape index (κ1) is 15.7. The van der Waals surface area contributed by atoms with Crippen LogP contribution >= 0.6 is 0 Å². The van der Waals surface area contributed by atoms with Gasteiger partial charge >= 0.3 is 0 Å². The van der Waals surface area contributed by atoms with Crippen molar-refractivity contribution in [2.75, 3.05) is 26.8 Å². The number of piperidine rings is 1. The molecule has 0 aliphatic carbocycles. The predicted molar refractivity (Wildman–Crippen MR) is 81.4 cm³/mol. The molecule has 2 aliphatic heterocycles. The van der Waals surface area contributed by atoms with Crippen molar-refractivity contribution in [1.29, 1.82) is 0 Å². The SMILES string of the molecule is COc1cccc(F)c1CN1CCC2(CC1)OCCC[C@@H]2O. The zero-order chi connectivity index (χ0) is 15.6. The topological polar surface area (TPSA) is 41.9 Å². The highest BCUT2D eigenvalue weighted by molar-refractivity contribution is 5.34. The van der Waals surface area contributed by atoms with Gasteiger partial charge in [-0.2, -0.15) is 0 Å². The lowest BCUT2D eigenvalue weighted by Gasteiger charge is -2.46. The zero-order valence-electron chi connectivity index (χ0n) is 13.1. The van der Waals surface area contributed by atoms with Crippen molar-refractivity contribution in [1.82, 2.24) is 4.90 Å². The average molecular weight is 309 g/mol. The molecule has 122 valence electrons. The number of halogens is 1. The van der Waals surface area contributed by atoms with Gasteiger partial charge in [-0.1, -0.05) is 6.07 Å². The molecule has 0 unspecified atom stereocenters. The fraction of sp³-hybridized carbons (Fsp3) is 0.647. The Balaban J connectivity index is 1.65. The van der Waals surface area contributed by atoms with Crippen molar-refractivity contribution >= 4 is 0 Å². The summed E-state index contributed by atoms with van der Waals surface area (Å²) in [6.45, 7) is 2.86. The number of nitrogens with zero attached hydrogens (tertiary/aromatic N) is 1. The van der Waals surface area contributed by atoms with Crippen LogP contribution < -0.4 is 4.74 Å². The standard InChI is InChI=1S/C17H24FNO3/c1-21-15-5-2-4-14(18)13(15)12-19-9-7-17(8-10-19)16(20)6-3-11-22-17/h2,4-5,16,20H,3,6-12H2,1H3/t16-/m0/s1. The summed E-state index contributed by atoms with van der Waals surface area (Å²) in [6, 6.07) is 4.92. The Kier molecular flexibility index (Phi) is 4.66. The first-order valence-corrected chi connectivity index (χ1v) is 8.00. The molecule has 0 saturated carbocycles. The lowest BCUT2D eigenvalue weighted by molar-refractivity contribution is -0.177. The molecule has 4 nitrogen and oxygen atoms in total. The van der Waals surface area contributed by atoms with Gasteiger partial charge in [0.2, 0.25) is 0 Å². The highest BCUT2D eigenvalue weighted by Crippen LogP contribution is 2.36. The number of rotatable bonds is 3. The lowest BCUT2D eigenvalue weighted by atomic mass is 9.82. The third kappa shape index (κ3) is 2.98. The van der Waals surface area contributed by atoms with E-state index in [-0.39, 0.29) is 17.5 Å². The first-order chi connectivity index (χ1) is 10.6. The Hall–Kier alpha value is -1.17. The van der Waals surface area contributed by atoms with Crippen LogP contribution in [-0.4, -0.2) is 48.5 Å². The molecular formula is C17H24FNO3. The summed E-state index contributed by atoms with van der Waals surface area (Å²) >= 11 is 0. The molecule has 0 bridgehead atoms. The molecule has 1 spiro atoms. The van der Waals surface area contributed by atoms with E-state index in [1.165, 1.54) is 6.07 Å². The van der Waals surface area contributed by atoms with E-state index >= 15 is 0 Å². The van der Waals surface area contributed by atoms with E-state index in [0.717, 1.165) is 45.4 Å². The van der Waals surface area contributed by atoms with Crippen LogP contribution in [0.5, 0.6) is 5.75 Å². The largest absolute Gasteiger partial charge is 0.496 e. The molecule has 2 saturated heterocycles. The maximum Gasteiger partial charge on any atom is 0.131 e. The van der Waals surface area contributed by atoms with Crippen LogP contribution in [0.1, 0.15) is 31.2 Å². The van der Waals surface area contributed by atoms with Gasteiger partial charge in [-0.05, 0) is 37.8 Å². The number of aliphatic hydroxyl groups is 1. The molecule has 0 radical (unpaired) electrons. The van der Waals surface area contributed by atoms with Crippen LogP contribution in [0.4, 0.5) is 4.39 Å². The van der Waals surface area contributed by atoms with E-state index in [4.69, 9.17) is 9.47 Å². The van der Waals surface area contributed by atoms with Crippen LogP contribution in [0.15, 0.2) is 18.2 Å². The fourth-order valence-corrected chi connectivity index (χ4v) is 3.59. The minimum absolute atomic E-state index is 0.228. The molecule has 1 aromatic carbocycles. The second kappa shape index (κ2) is 6.52. The zero-order valence-corrected chi connectivity index (χ0v) is 13.1. The van der Waals surface area contributed by atoms with E-state index in [1.54, 1.807) is 19.2 Å². The number of benzene rings is 1. The highest BCUT2D eigenvalue weighted by Gasteiger charge is 2.43. The maximum atomic E-state index is 14.0. The third-order valence-corrected chi connectivity index (χ3v) is 5.00. The third-order valence-electron chi connectivity index (χ3n) is 5.00. The van der Waals surface area contributed by atoms with Gasteiger partial charge in [0, 0.05) is 31.8 Å². The number of methoxy groups -OCH3 is 1. The van der Waals surface area contributed by atoms with E-state index in [1.807, 2.05) is 0 Å². The van der Waals surface area contributed by atoms with Gasteiger partial charge in [-0.3, -0.25) is 4.90 Å². The van der Waals surface area contributed by atoms with Crippen molar-refractivity contribution in [3.05, 3.63) is 29.6 Å². The monoisotopic (exact) mass is 309 g/mol. The molecule has 1 aromatic rings. The molecule has 2 aliphatic rings. The van der Waals surface area contributed by atoms with Crippen LogP contribution in [0.25, 0.3) is 0 Å². The molecule has 5 heteroatoms. The second-order valence-electron chi connectivity index (χ2n) is 6.27. The van der Waals surface area contributed by atoms with Gasteiger partial charge in [0.05, 0.1) is 18.8 Å². The first-order valence-electron chi connectivity index (χ1n) is 8.00. The maximum absolute atomic E-state index is 14.0. The quantitative estimate of drug-likeness (QED) is 0.930. The number of ether oxygens (including phenoxy) is 2. The summed E-state index contributed by atoms with van der Waals surface area (Å²) in [5.74, 6) is 0.364. The van der Waals surface area contributed by atoms with Crippen molar-refractivity contribution < 1.29 is 19.0 Å². The van der Waals surface area contributed by atoms with Crippen LogP contribution in [0.2, 0.25) is 0 Å². The molecule has 22 heavy (non-hydrogen) atoms.